The monoisotopic (exact) mass is 339 g/mol. The van der Waals surface area contributed by atoms with E-state index in [9.17, 15) is 14.9 Å². The van der Waals surface area contributed by atoms with E-state index in [2.05, 4.69) is 10.4 Å². The van der Waals surface area contributed by atoms with Crippen LogP contribution in [0.2, 0.25) is 0 Å². The molecule has 9 heteroatoms. The second kappa shape index (κ2) is 7.70. The smallest absolute Gasteiger partial charge is 0.322 e. The number of aromatic nitrogens is 2. The molecule has 2 aromatic rings. The van der Waals surface area contributed by atoms with Crippen LogP contribution in [0.1, 0.15) is 27.8 Å². The van der Waals surface area contributed by atoms with Gasteiger partial charge in [-0.2, -0.15) is 5.10 Å². The van der Waals surface area contributed by atoms with Crippen molar-refractivity contribution in [3.63, 3.8) is 0 Å². The third kappa shape index (κ3) is 4.05. The van der Waals surface area contributed by atoms with Gasteiger partial charge in [0.2, 0.25) is 5.69 Å². The fraction of sp³-hybridized carbons (Fsp3) is 0.286. The Balaban J connectivity index is 0.00000264. The van der Waals surface area contributed by atoms with Crippen molar-refractivity contribution in [2.75, 3.05) is 6.54 Å². The highest BCUT2D eigenvalue weighted by atomic mass is 35.5. The molecule has 0 spiro atoms. The van der Waals surface area contributed by atoms with Crippen molar-refractivity contribution < 1.29 is 9.72 Å². The fourth-order valence-electron chi connectivity index (χ4n) is 2.22. The number of nitro groups is 1. The van der Waals surface area contributed by atoms with E-state index in [4.69, 9.17) is 5.73 Å². The summed E-state index contributed by atoms with van der Waals surface area (Å²) >= 11 is 0. The van der Waals surface area contributed by atoms with Gasteiger partial charge in [0.25, 0.3) is 5.91 Å². The van der Waals surface area contributed by atoms with E-state index in [1.54, 1.807) is 0 Å². The molecule has 0 saturated carbocycles. The first-order valence-corrected chi connectivity index (χ1v) is 6.68. The number of amides is 1. The van der Waals surface area contributed by atoms with Crippen LogP contribution in [0.25, 0.3) is 0 Å². The first-order chi connectivity index (χ1) is 10.4. The van der Waals surface area contributed by atoms with Crippen molar-refractivity contribution in [1.82, 2.24) is 15.1 Å². The van der Waals surface area contributed by atoms with Gasteiger partial charge >= 0.3 is 5.69 Å². The zero-order valence-electron chi connectivity index (χ0n) is 12.7. The number of hydrogen-bond donors (Lipinski definition) is 2. The molecule has 0 radical (unpaired) electrons. The summed E-state index contributed by atoms with van der Waals surface area (Å²) in [5.41, 5.74) is 6.70. The van der Waals surface area contributed by atoms with E-state index >= 15 is 0 Å². The number of carbonyl (C=O) groups is 1. The van der Waals surface area contributed by atoms with Crippen LogP contribution in [0, 0.1) is 17.0 Å². The van der Waals surface area contributed by atoms with Crippen LogP contribution in [0.3, 0.4) is 0 Å². The van der Waals surface area contributed by atoms with Crippen LogP contribution >= 0.6 is 12.4 Å². The lowest BCUT2D eigenvalue weighted by Gasteiger charge is -2.13. The van der Waals surface area contributed by atoms with Crippen LogP contribution in [-0.2, 0) is 7.05 Å². The van der Waals surface area contributed by atoms with Crippen LogP contribution in [-0.4, -0.2) is 27.2 Å². The van der Waals surface area contributed by atoms with Crippen LogP contribution in [0.4, 0.5) is 5.69 Å². The minimum absolute atomic E-state index is 0. The highest BCUT2D eigenvalue weighted by Gasteiger charge is 2.29. The third-order valence-corrected chi connectivity index (χ3v) is 3.30. The molecule has 8 nitrogen and oxygen atoms in total. The molecule has 0 fully saturated rings. The molecule has 23 heavy (non-hydrogen) atoms. The van der Waals surface area contributed by atoms with Crippen molar-refractivity contribution in [3.8, 4) is 0 Å². The molecule has 1 aromatic heterocycles. The summed E-state index contributed by atoms with van der Waals surface area (Å²) in [7, 11) is 1.49. The molecule has 0 aliphatic heterocycles. The van der Waals surface area contributed by atoms with Gasteiger partial charge in [-0.25, -0.2) is 0 Å². The summed E-state index contributed by atoms with van der Waals surface area (Å²) in [6.07, 6.45) is 0. The predicted molar refractivity (Wildman–Crippen MR) is 87.6 cm³/mol. The normalized spacial score (nSPS) is 11.4. The maximum absolute atomic E-state index is 12.2. The van der Waals surface area contributed by atoms with Gasteiger partial charge in [-0.15, -0.1) is 12.4 Å². The summed E-state index contributed by atoms with van der Waals surface area (Å²) in [4.78, 5) is 22.7. The number of nitrogens with zero attached hydrogens (tertiary/aromatic N) is 3. The molecule has 1 amide bonds. The summed E-state index contributed by atoms with van der Waals surface area (Å²) in [6, 6.07) is 8.90. The minimum atomic E-state index is -0.603. The molecule has 124 valence electrons. The quantitative estimate of drug-likeness (QED) is 0.632. The van der Waals surface area contributed by atoms with Crippen LogP contribution < -0.4 is 11.1 Å². The van der Waals surface area contributed by atoms with E-state index in [0.717, 1.165) is 5.56 Å². The molecule has 0 bridgehead atoms. The molecule has 3 N–H and O–H groups in total. The lowest BCUT2D eigenvalue weighted by molar-refractivity contribution is -0.385. The number of aryl methyl sites for hydroxylation is 2. The molecular weight excluding hydrogens is 322 g/mol. The Kier molecular flexibility index (Phi) is 6.23. The summed E-state index contributed by atoms with van der Waals surface area (Å²) in [5.74, 6) is -0.568. The maximum Gasteiger partial charge on any atom is 0.322 e. The molecule has 1 unspecified atom stereocenters. The van der Waals surface area contributed by atoms with Crippen molar-refractivity contribution in [1.29, 1.82) is 0 Å². The summed E-state index contributed by atoms with van der Waals surface area (Å²) in [5, 5.41) is 17.6. The maximum atomic E-state index is 12.2. The van der Waals surface area contributed by atoms with Gasteiger partial charge in [0.15, 0.2) is 0 Å². The number of nitrogens with one attached hydrogen (secondary N) is 1. The Labute approximate surface area is 139 Å². The van der Waals surface area contributed by atoms with E-state index in [0.29, 0.717) is 0 Å². The predicted octanol–water partition coefficient (Wildman–Crippen LogP) is 1.49. The Morgan fingerprint density at radius 2 is 2.04 bits per heavy atom. The number of halogens is 1. The van der Waals surface area contributed by atoms with Gasteiger partial charge in [-0.3, -0.25) is 19.6 Å². The van der Waals surface area contributed by atoms with Gasteiger partial charge in [0.1, 0.15) is 5.69 Å². The van der Waals surface area contributed by atoms with Gasteiger partial charge in [0.05, 0.1) is 4.92 Å². The van der Waals surface area contributed by atoms with E-state index in [-0.39, 0.29) is 36.0 Å². The second-order valence-electron chi connectivity index (χ2n) is 4.89. The van der Waals surface area contributed by atoms with E-state index < -0.39 is 16.9 Å². The average Bonchev–Trinajstić information content (AvgIpc) is 2.80. The first-order valence-electron chi connectivity index (χ1n) is 6.68. The summed E-state index contributed by atoms with van der Waals surface area (Å²) in [6.45, 7) is 1.66. The highest BCUT2D eigenvalue weighted by Crippen LogP contribution is 2.22. The molecule has 2 rings (SSSR count). The van der Waals surface area contributed by atoms with E-state index in [1.807, 2.05) is 30.3 Å². The lowest BCUT2D eigenvalue weighted by atomic mass is 10.1. The number of benzene rings is 1. The van der Waals surface area contributed by atoms with Crippen LogP contribution in [0.15, 0.2) is 30.3 Å². The molecule has 1 atom stereocenters. The lowest BCUT2D eigenvalue weighted by Crippen LogP contribution is -2.33. The number of hydrogen-bond acceptors (Lipinski definition) is 5. The fourth-order valence-corrected chi connectivity index (χ4v) is 2.22. The van der Waals surface area contributed by atoms with Crippen molar-refractivity contribution >= 4 is 24.0 Å². The summed E-state index contributed by atoms with van der Waals surface area (Å²) < 4.78 is 1.21. The van der Waals surface area contributed by atoms with Crippen molar-refractivity contribution in [2.45, 2.75) is 13.0 Å². The molecule has 1 aromatic carbocycles. The Morgan fingerprint density at radius 1 is 1.43 bits per heavy atom. The molecule has 0 aliphatic carbocycles. The highest BCUT2D eigenvalue weighted by molar-refractivity contribution is 5.96. The van der Waals surface area contributed by atoms with Gasteiger partial charge in [-0.1, -0.05) is 30.3 Å². The molecular formula is C14H18ClN5O3. The second-order valence-corrected chi connectivity index (χ2v) is 4.89. The third-order valence-electron chi connectivity index (χ3n) is 3.30. The van der Waals surface area contributed by atoms with Crippen LogP contribution in [0.5, 0.6) is 0 Å². The van der Waals surface area contributed by atoms with Gasteiger partial charge in [0, 0.05) is 19.6 Å². The first kappa shape index (κ1) is 18.6. The number of rotatable bonds is 5. The Morgan fingerprint density at radius 3 is 2.61 bits per heavy atom. The largest absolute Gasteiger partial charge is 0.349 e. The zero-order valence-corrected chi connectivity index (χ0v) is 13.5. The van der Waals surface area contributed by atoms with Crippen molar-refractivity contribution in [2.24, 2.45) is 12.8 Å². The zero-order chi connectivity index (χ0) is 16.3. The van der Waals surface area contributed by atoms with Crippen molar-refractivity contribution in [3.05, 3.63) is 57.4 Å². The van der Waals surface area contributed by atoms with Gasteiger partial charge in [-0.05, 0) is 12.5 Å². The average molecular weight is 340 g/mol. The molecule has 1 heterocycles. The SMILES string of the molecule is Cc1nn(C)c(C(=O)NCC(N)c2ccccc2)c1[N+](=O)[O-].Cl. The van der Waals surface area contributed by atoms with E-state index in [1.165, 1.54) is 18.7 Å². The molecule has 0 aliphatic rings. The Hall–Kier alpha value is -2.45. The minimum Gasteiger partial charge on any atom is -0.349 e. The standard InChI is InChI=1S/C14H17N5O3.ClH/c1-9-12(19(21)22)13(18(2)17-9)14(20)16-8-11(15)10-6-4-3-5-7-10;/h3-7,11H,8,15H2,1-2H3,(H,16,20);1H. The molecule has 0 saturated heterocycles. The van der Waals surface area contributed by atoms with Gasteiger partial charge < -0.3 is 11.1 Å². The topological polar surface area (TPSA) is 116 Å². The number of carbonyl (C=O) groups excluding carboxylic acids is 1. The number of nitrogens with two attached hydrogens (primary N) is 1. The Bertz CT molecular complexity index is 702.